The van der Waals surface area contributed by atoms with E-state index in [0.29, 0.717) is 12.5 Å². The first-order chi connectivity index (χ1) is 28.4. The van der Waals surface area contributed by atoms with Crippen molar-refractivity contribution in [3.63, 3.8) is 0 Å². The second kappa shape index (κ2) is 18.9. The molecule has 2 aliphatic heterocycles. The van der Waals surface area contributed by atoms with Gasteiger partial charge in [0.05, 0.1) is 48.3 Å². The van der Waals surface area contributed by atoms with E-state index in [1.807, 2.05) is 0 Å². The molecule has 8 rings (SSSR count). The Morgan fingerprint density at radius 3 is 2.07 bits per heavy atom. The van der Waals surface area contributed by atoms with Crippen LogP contribution in [0.2, 0.25) is 0 Å². The topological polar surface area (TPSA) is 60.6 Å². The van der Waals surface area contributed by atoms with Crippen LogP contribution in [0.5, 0.6) is 11.5 Å². The number of imidazole rings is 2. The maximum Gasteiger partial charge on any atom is 0.125 e. The second-order valence-corrected chi connectivity index (χ2v) is 17.1. The average Bonchev–Trinajstić information content (AvgIpc) is 3.75. The zero-order valence-electron chi connectivity index (χ0n) is 35.5. The summed E-state index contributed by atoms with van der Waals surface area (Å²) in [5.41, 5.74) is 11.2. The van der Waals surface area contributed by atoms with Crippen molar-refractivity contribution in [3.8, 4) is 11.5 Å². The van der Waals surface area contributed by atoms with Gasteiger partial charge < -0.3 is 18.6 Å². The number of ether oxygens (including phenoxy) is 2. The molecule has 2 aliphatic rings. The van der Waals surface area contributed by atoms with Gasteiger partial charge in [-0.15, -0.1) is 0 Å². The zero-order valence-corrected chi connectivity index (χ0v) is 35.5. The van der Waals surface area contributed by atoms with E-state index >= 15 is 0 Å². The van der Waals surface area contributed by atoms with Crippen LogP contribution >= 0.6 is 0 Å². The van der Waals surface area contributed by atoms with Gasteiger partial charge in [-0.2, -0.15) is 0 Å². The molecule has 306 valence electrons. The van der Waals surface area contributed by atoms with Crippen LogP contribution in [0.4, 0.5) is 0 Å². The van der Waals surface area contributed by atoms with Crippen molar-refractivity contribution in [3.05, 3.63) is 118 Å². The van der Waals surface area contributed by atoms with Crippen molar-refractivity contribution in [1.82, 2.24) is 28.9 Å². The molecule has 2 saturated heterocycles. The minimum atomic E-state index is 0.606. The lowest BCUT2D eigenvalue weighted by molar-refractivity contribution is 0.150. The molecule has 0 saturated carbocycles. The van der Waals surface area contributed by atoms with Crippen LogP contribution in [0.25, 0.3) is 22.1 Å². The third-order valence-corrected chi connectivity index (χ3v) is 12.8. The molecule has 4 aromatic carbocycles. The van der Waals surface area contributed by atoms with Crippen LogP contribution in [0.1, 0.15) is 90.8 Å². The summed E-state index contributed by atoms with van der Waals surface area (Å²) < 4.78 is 17.7. The third kappa shape index (κ3) is 9.61. The Morgan fingerprint density at radius 2 is 1.28 bits per heavy atom. The first-order valence-electron chi connectivity index (χ1n) is 22.1. The summed E-state index contributed by atoms with van der Waals surface area (Å²) in [6.07, 6.45) is 10.8. The molecule has 0 N–H and O–H groups in total. The van der Waals surface area contributed by atoms with Gasteiger partial charge in [-0.05, 0) is 157 Å². The number of aromatic nitrogens is 4. The van der Waals surface area contributed by atoms with E-state index in [2.05, 4.69) is 125 Å². The van der Waals surface area contributed by atoms with E-state index in [4.69, 9.17) is 19.4 Å². The Morgan fingerprint density at radius 1 is 0.603 bits per heavy atom. The number of nitrogens with zero attached hydrogens (tertiary/aromatic N) is 6. The second-order valence-electron chi connectivity index (χ2n) is 17.1. The third-order valence-electron chi connectivity index (χ3n) is 12.8. The molecular formula is C50H64N6O2. The van der Waals surface area contributed by atoms with Gasteiger partial charge in [-0.25, -0.2) is 9.97 Å². The molecule has 0 bridgehead atoms. The van der Waals surface area contributed by atoms with Gasteiger partial charge in [0.15, 0.2) is 0 Å². The quantitative estimate of drug-likeness (QED) is 0.0859. The summed E-state index contributed by atoms with van der Waals surface area (Å²) in [5, 5.41) is 0. The average molecular weight is 781 g/mol. The van der Waals surface area contributed by atoms with Crippen LogP contribution in [0, 0.1) is 33.6 Å². The fraction of sp³-hybridized carbons (Fsp3) is 0.480. The largest absolute Gasteiger partial charge is 0.494 e. The monoisotopic (exact) mass is 781 g/mol. The summed E-state index contributed by atoms with van der Waals surface area (Å²) in [6, 6.07) is 28.2. The smallest absolute Gasteiger partial charge is 0.125 e. The fourth-order valence-corrected chi connectivity index (χ4v) is 9.65. The Balaban J connectivity index is 0.860. The molecule has 4 heterocycles. The standard InChI is InChI=1S/C50H64N6O2/c1-37-15-10-16-38(2)43(37)21-13-29-55-46-23-7-6-22-44(46)51-49(55)36-54-28-12-19-41(34-54)20-14-31-57-42-24-25-47-45(33-42)52-48(35-53-26-8-5-9-27-53)56(47)30-32-58-50-39(3)17-11-18-40(50)4/h6-7,10-11,15-18,22-25,33,41H,5,8-9,12-14,19-21,26-32,34-36H2,1-4H3. The van der Waals surface area contributed by atoms with Gasteiger partial charge >= 0.3 is 0 Å². The molecule has 0 spiro atoms. The Bertz CT molecular complexity index is 2240. The minimum absolute atomic E-state index is 0.606. The molecule has 6 aromatic rings. The summed E-state index contributed by atoms with van der Waals surface area (Å²) in [7, 11) is 0. The molecule has 1 unspecified atom stereocenters. The minimum Gasteiger partial charge on any atom is -0.494 e. The van der Waals surface area contributed by atoms with Crippen molar-refractivity contribution in [2.24, 2.45) is 5.92 Å². The van der Waals surface area contributed by atoms with Crippen LogP contribution in [-0.2, 0) is 32.6 Å². The molecule has 1 atom stereocenters. The van der Waals surface area contributed by atoms with Gasteiger partial charge in [0.1, 0.15) is 29.8 Å². The lowest BCUT2D eigenvalue weighted by Crippen LogP contribution is -2.35. The number of likely N-dealkylation sites (tertiary alicyclic amines) is 2. The number of hydrogen-bond acceptors (Lipinski definition) is 6. The summed E-state index contributed by atoms with van der Waals surface area (Å²) in [4.78, 5) is 15.6. The number of hydrogen-bond donors (Lipinski definition) is 0. The van der Waals surface area contributed by atoms with Crippen molar-refractivity contribution in [1.29, 1.82) is 0 Å². The van der Waals surface area contributed by atoms with E-state index in [0.717, 1.165) is 112 Å². The van der Waals surface area contributed by atoms with Crippen molar-refractivity contribution < 1.29 is 9.47 Å². The van der Waals surface area contributed by atoms with E-state index in [1.54, 1.807) is 0 Å². The van der Waals surface area contributed by atoms with Crippen LogP contribution < -0.4 is 9.47 Å². The van der Waals surface area contributed by atoms with Gasteiger partial charge in [-0.3, -0.25) is 9.80 Å². The Kier molecular flexibility index (Phi) is 13.1. The SMILES string of the molecule is Cc1cccc(C)c1CCCn1c(CN2CCCC(CCCOc3ccc4c(c3)nc(CN3CCCCC3)n4CCOc3c(C)cccc3C)C2)nc2ccccc21. The van der Waals surface area contributed by atoms with Gasteiger partial charge in [0, 0.05) is 19.2 Å². The fourth-order valence-electron chi connectivity index (χ4n) is 9.65. The molecule has 2 aromatic heterocycles. The number of benzene rings is 4. The number of rotatable bonds is 17. The number of piperidine rings is 2. The van der Waals surface area contributed by atoms with Crippen molar-refractivity contribution in [2.75, 3.05) is 39.4 Å². The van der Waals surface area contributed by atoms with Crippen LogP contribution in [-0.4, -0.2) is 68.3 Å². The summed E-state index contributed by atoms with van der Waals surface area (Å²) >= 11 is 0. The normalized spacial score (nSPS) is 16.7. The Hall–Kier alpha value is -4.66. The van der Waals surface area contributed by atoms with E-state index in [-0.39, 0.29) is 0 Å². The van der Waals surface area contributed by atoms with E-state index in [1.165, 1.54) is 77.7 Å². The predicted octanol–water partition coefficient (Wildman–Crippen LogP) is 10.4. The highest BCUT2D eigenvalue weighted by Gasteiger charge is 2.23. The molecule has 8 nitrogen and oxygen atoms in total. The number of aryl methyl sites for hydroxylation is 5. The van der Waals surface area contributed by atoms with Crippen LogP contribution in [0.3, 0.4) is 0 Å². The first-order valence-corrected chi connectivity index (χ1v) is 22.1. The maximum absolute atomic E-state index is 6.41. The highest BCUT2D eigenvalue weighted by Crippen LogP contribution is 2.28. The predicted molar refractivity (Wildman–Crippen MR) is 237 cm³/mol. The van der Waals surface area contributed by atoms with Crippen LogP contribution in [0.15, 0.2) is 78.9 Å². The molecule has 0 radical (unpaired) electrons. The highest BCUT2D eigenvalue weighted by atomic mass is 16.5. The molecule has 0 amide bonds. The maximum atomic E-state index is 6.41. The van der Waals surface area contributed by atoms with E-state index < -0.39 is 0 Å². The molecule has 8 heteroatoms. The zero-order chi connectivity index (χ0) is 39.8. The van der Waals surface area contributed by atoms with E-state index in [9.17, 15) is 0 Å². The number of fused-ring (bicyclic) bond motifs is 2. The van der Waals surface area contributed by atoms with Gasteiger partial charge in [0.25, 0.3) is 0 Å². The Labute approximate surface area is 346 Å². The van der Waals surface area contributed by atoms with Gasteiger partial charge in [0.2, 0.25) is 0 Å². The van der Waals surface area contributed by atoms with Crippen molar-refractivity contribution in [2.45, 2.75) is 112 Å². The molecular weight excluding hydrogens is 717 g/mol. The molecule has 2 fully saturated rings. The molecule has 0 aliphatic carbocycles. The number of para-hydroxylation sites is 3. The lowest BCUT2D eigenvalue weighted by atomic mass is 9.93. The molecule has 58 heavy (non-hydrogen) atoms. The first kappa shape index (κ1) is 40.1. The summed E-state index contributed by atoms with van der Waals surface area (Å²) in [5.74, 6) is 4.92. The lowest BCUT2D eigenvalue weighted by Gasteiger charge is -2.32. The summed E-state index contributed by atoms with van der Waals surface area (Å²) in [6.45, 7) is 18.2. The van der Waals surface area contributed by atoms with Crippen molar-refractivity contribution >= 4 is 22.1 Å². The van der Waals surface area contributed by atoms with Gasteiger partial charge in [-0.1, -0.05) is 55.0 Å². The highest BCUT2D eigenvalue weighted by molar-refractivity contribution is 5.78.